The summed E-state index contributed by atoms with van der Waals surface area (Å²) in [5.74, 6) is -0.303. The van der Waals surface area contributed by atoms with Crippen LogP contribution >= 0.6 is 11.3 Å². The zero-order valence-electron chi connectivity index (χ0n) is 16.1. The molecule has 4 aromatic rings. The highest BCUT2D eigenvalue weighted by atomic mass is 32.1. The molecule has 4 nitrogen and oxygen atoms in total. The highest BCUT2D eigenvalue weighted by molar-refractivity contribution is 7.13. The zero-order chi connectivity index (χ0) is 20.8. The van der Waals surface area contributed by atoms with E-state index in [1.54, 1.807) is 18.2 Å². The predicted octanol–water partition coefficient (Wildman–Crippen LogP) is 5.98. The van der Waals surface area contributed by atoms with Crippen LogP contribution in [0.3, 0.4) is 0 Å². The highest BCUT2D eigenvalue weighted by Gasteiger charge is 2.13. The van der Waals surface area contributed by atoms with Gasteiger partial charge >= 0.3 is 6.03 Å². The predicted molar refractivity (Wildman–Crippen MR) is 120 cm³/mol. The van der Waals surface area contributed by atoms with Gasteiger partial charge in [-0.15, -0.1) is 11.3 Å². The molecule has 0 bridgehead atoms. The first-order valence-electron chi connectivity index (χ1n) is 9.59. The molecule has 0 atom stereocenters. The Hall–Kier alpha value is -3.51. The molecule has 150 valence electrons. The van der Waals surface area contributed by atoms with Crippen molar-refractivity contribution >= 4 is 23.1 Å². The molecule has 0 aliphatic heterocycles. The number of aromatic nitrogens is 1. The molecule has 1 heterocycles. The molecule has 1 aromatic heterocycles. The van der Waals surface area contributed by atoms with E-state index in [4.69, 9.17) is 0 Å². The monoisotopic (exact) mass is 417 g/mol. The van der Waals surface area contributed by atoms with E-state index in [0.29, 0.717) is 28.5 Å². The summed E-state index contributed by atoms with van der Waals surface area (Å²) in [5, 5.41) is 8.25. The number of benzene rings is 3. The number of amides is 2. The number of carbonyl (C=O) groups is 1. The quantitative estimate of drug-likeness (QED) is 0.405. The van der Waals surface area contributed by atoms with Crippen LogP contribution in [0.5, 0.6) is 0 Å². The van der Waals surface area contributed by atoms with Crippen molar-refractivity contribution in [3.8, 4) is 21.8 Å². The Balaban J connectivity index is 1.45. The van der Waals surface area contributed by atoms with Crippen molar-refractivity contribution in [3.63, 3.8) is 0 Å². The minimum absolute atomic E-state index is 0.275. The third-order valence-electron chi connectivity index (χ3n) is 4.60. The van der Waals surface area contributed by atoms with Crippen molar-refractivity contribution in [1.82, 2.24) is 10.3 Å². The fourth-order valence-corrected chi connectivity index (χ4v) is 3.95. The van der Waals surface area contributed by atoms with Crippen LogP contribution in [0.15, 0.2) is 84.2 Å². The molecule has 2 amide bonds. The number of nitrogens with one attached hydrogen (secondary N) is 2. The third-order valence-corrected chi connectivity index (χ3v) is 5.48. The summed E-state index contributed by atoms with van der Waals surface area (Å²) >= 11 is 1.37. The van der Waals surface area contributed by atoms with Gasteiger partial charge in [-0.25, -0.2) is 14.2 Å². The Morgan fingerprint density at radius 3 is 2.40 bits per heavy atom. The van der Waals surface area contributed by atoms with Crippen LogP contribution in [0.2, 0.25) is 0 Å². The van der Waals surface area contributed by atoms with Crippen molar-refractivity contribution in [2.75, 3.05) is 11.9 Å². The minimum atomic E-state index is -0.303. The van der Waals surface area contributed by atoms with Crippen LogP contribution < -0.4 is 10.6 Å². The van der Waals surface area contributed by atoms with Gasteiger partial charge in [-0.1, -0.05) is 60.7 Å². The Kier molecular flexibility index (Phi) is 6.15. The van der Waals surface area contributed by atoms with Crippen molar-refractivity contribution in [2.45, 2.75) is 6.42 Å². The van der Waals surface area contributed by atoms with Gasteiger partial charge in [-0.3, -0.25) is 0 Å². The zero-order valence-corrected chi connectivity index (χ0v) is 17.0. The number of hydrogen-bond donors (Lipinski definition) is 2. The summed E-state index contributed by atoms with van der Waals surface area (Å²) in [6.45, 7) is 0.534. The molecule has 0 unspecified atom stereocenters. The van der Waals surface area contributed by atoms with E-state index >= 15 is 0 Å². The molecular weight excluding hydrogens is 397 g/mol. The molecule has 0 aliphatic carbocycles. The lowest BCUT2D eigenvalue weighted by molar-refractivity contribution is 0.252. The largest absolute Gasteiger partial charge is 0.338 e. The van der Waals surface area contributed by atoms with Crippen LogP contribution in [-0.2, 0) is 6.42 Å². The van der Waals surface area contributed by atoms with Crippen LogP contribution in [0, 0.1) is 5.82 Å². The summed E-state index contributed by atoms with van der Waals surface area (Å²) in [6, 6.07) is 23.8. The minimum Gasteiger partial charge on any atom is -0.338 e. The first kappa shape index (κ1) is 19.8. The van der Waals surface area contributed by atoms with Gasteiger partial charge in [0.15, 0.2) is 0 Å². The van der Waals surface area contributed by atoms with E-state index in [-0.39, 0.29) is 11.8 Å². The second-order valence-electron chi connectivity index (χ2n) is 6.68. The van der Waals surface area contributed by atoms with Gasteiger partial charge in [0.25, 0.3) is 0 Å². The summed E-state index contributed by atoms with van der Waals surface area (Å²) in [4.78, 5) is 17.0. The lowest BCUT2D eigenvalue weighted by Crippen LogP contribution is -2.30. The number of rotatable bonds is 6. The Bertz CT molecular complexity index is 1140. The summed E-state index contributed by atoms with van der Waals surface area (Å²) < 4.78 is 14.1. The molecule has 30 heavy (non-hydrogen) atoms. The number of para-hydroxylation sites is 1. The maximum Gasteiger partial charge on any atom is 0.319 e. The number of halogens is 1. The second-order valence-corrected chi connectivity index (χ2v) is 7.54. The van der Waals surface area contributed by atoms with Crippen LogP contribution in [0.1, 0.15) is 5.56 Å². The van der Waals surface area contributed by atoms with Gasteiger partial charge in [0.05, 0.1) is 11.4 Å². The molecule has 0 saturated heterocycles. The van der Waals surface area contributed by atoms with Crippen LogP contribution in [-0.4, -0.2) is 17.6 Å². The highest BCUT2D eigenvalue weighted by Crippen LogP contribution is 2.33. The van der Waals surface area contributed by atoms with E-state index in [1.807, 2.05) is 60.0 Å². The van der Waals surface area contributed by atoms with E-state index in [9.17, 15) is 9.18 Å². The molecule has 3 aromatic carbocycles. The molecule has 0 fully saturated rings. The van der Waals surface area contributed by atoms with Crippen molar-refractivity contribution in [2.24, 2.45) is 0 Å². The van der Waals surface area contributed by atoms with Gasteiger partial charge in [-0.05, 0) is 30.2 Å². The van der Waals surface area contributed by atoms with E-state index in [0.717, 1.165) is 12.0 Å². The molecule has 6 heteroatoms. The smallest absolute Gasteiger partial charge is 0.319 e. The SMILES string of the molecule is O=C(NCCc1ccccc1)Nc1ccccc1-c1csc(-c2ccccc2F)n1. The lowest BCUT2D eigenvalue weighted by atomic mass is 10.1. The first-order valence-corrected chi connectivity index (χ1v) is 10.5. The van der Waals surface area contributed by atoms with E-state index < -0.39 is 0 Å². The molecule has 0 aliphatic rings. The lowest BCUT2D eigenvalue weighted by Gasteiger charge is -2.11. The first-order chi connectivity index (χ1) is 14.7. The van der Waals surface area contributed by atoms with Crippen molar-refractivity contribution in [1.29, 1.82) is 0 Å². The summed E-state index contributed by atoms with van der Waals surface area (Å²) in [7, 11) is 0. The van der Waals surface area contributed by atoms with Gasteiger partial charge in [0.2, 0.25) is 0 Å². The average molecular weight is 418 g/mol. The van der Waals surface area contributed by atoms with Crippen molar-refractivity contribution < 1.29 is 9.18 Å². The standard InChI is InChI=1S/C24H20FN3OS/c25-20-12-6-4-10-18(20)23-27-22(16-30-23)19-11-5-7-13-21(19)28-24(29)26-15-14-17-8-2-1-3-9-17/h1-13,16H,14-15H2,(H2,26,28,29). The third kappa shape index (κ3) is 4.72. The number of carbonyl (C=O) groups excluding carboxylic acids is 1. The maximum absolute atomic E-state index is 14.1. The Morgan fingerprint density at radius 2 is 1.60 bits per heavy atom. The molecule has 0 saturated carbocycles. The normalized spacial score (nSPS) is 10.6. The van der Waals surface area contributed by atoms with Crippen LogP contribution in [0.25, 0.3) is 21.8 Å². The molecule has 0 radical (unpaired) electrons. The van der Waals surface area contributed by atoms with Crippen molar-refractivity contribution in [3.05, 3.63) is 95.6 Å². The number of anilines is 1. The van der Waals surface area contributed by atoms with E-state index in [2.05, 4.69) is 15.6 Å². The topological polar surface area (TPSA) is 54.0 Å². The number of nitrogens with zero attached hydrogens (tertiary/aromatic N) is 1. The summed E-state index contributed by atoms with van der Waals surface area (Å²) in [6.07, 6.45) is 0.758. The fraction of sp³-hybridized carbons (Fsp3) is 0.0833. The Labute approximate surface area is 178 Å². The van der Waals surface area contributed by atoms with Gasteiger partial charge in [0.1, 0.15) is 10.8 Å². The van der Waals surface area contributed by atoms with Gasteiger partial charge in [0, 0.05) is 23.1 Å². The number of urea groups is 1. The molecular formula is C24H20FN3OS. The fourth-order valence-electron chi connectivity index (χ4n) is 3.10. The molecule has 0 spiro atoms. The van der Waals surface area contributed by atoms with E-state index in [1.165, 1.54) is 23.0 Å². The maximum atomic E-state index is 14.1. The van der Waals surface area contributed by atoms with Gasteiger partial charge in [-0.2, -0.15) is 0 Å². The second kappa shape index (κ2) is 9.33. The number of thiazole rings is 1. The average Bonchev–Trinajstić information content (AvgIpc) is 3.25. The van der Waals surface area contributed by atoms with Gasteiger partial charge < -0.3 is 10.6 Å². The molecule has 4 rings (SSSR count). The summed E-state index contributed by atoms with van der Waals surface area (Å²) in [5.41, 5.74) is 3.77. The van der Waals surface area contributed by atoms with Crippen LogP contribution in [0.4, 0.5) is 14.9 Å². The molecule has 2 N–H and O–H groups in total. The number of hydrogen-bond acceptors (Lipinski definition) is 3. The Morgan fingerprint density at radius 1 is 0.900 bits per heavy atom.